The van der Waals surface area contributed by atoms with Gasteiger partial charge in [0.05, 0.1) is 5.41 Å². The predicted octanol–water partition coefficient (Wildman–Crippen LogP) is 6.74. The molecule has 2 fully saturated rings. The summed E-state index contributed by atoms with van der Waals surface area (Å²) in [5, 5.41) is 0. The molecule has 2 heterocycles. The van der Waals surface area contributed by atoms with E-state index in [4.69, 9.17) is 9.47 Å². The van der Waals surface area contributed by atoms with Crippen LogP contribution < -0.4 is 0 Å². The van der Waals surface area contributed by atoms with Crippen molar-refractivity contribution in [2.75, 3.05) is 0 Å². The van der Waals surface area contributed by atoms with Gasteiger partial charge in [-0.3, -0.25) is 0 Å². The van der Waals surface area contributed by atoms with Gasteiger partial charge in [0.2, 0.25) is 0 Å². The molecule has 0 amide bonds. The molecule has 0 N–H and O–H groups in total. The maximum absolute atomic E-state index is 13.6. The minimum atomic E-state index is -0.560. The number of fused-ring (bicyclic) bond motifs is 1. The van der Waals surface area contributed by atoms with E-state index in [1.54, 1.807) is 0 Å². The van der Waals surface area contributed by atoms with Crippen LogP contribution in [-0.2, 0) is 25.5 Å². The largest absolute Gasteiger partial charge is 0.427 e. The number of esters is 2. The molecule has 1 aromatic rings. The summed E-state index contributed by atoms with van der Waals surface area (Å²) >= 11 is 0. The Balaban J connectivity index is 1.59. The Bertz CT molecular complexity index is 1200. The van der Waals surface area contributed by atoms with Gasteiger partial charge in [0.15, 0.2) is 0 Å². The summed E-state index contributed by atoms with van der Waals surface area (Å²) in [5.41, 5.74) is 3.28. The molecule has 2 aliphatic heterocycles. The third-order valence-corrected chi connectivity index (χ3v) is 9.15. The van der Waals surface area contributed by atoms with Crippen LogP contribution in [0, 0.1) is 22.7 Å². The highest BCUT2D eigenvalue weighted by molar-refractivity contribution is 6.00. The first-order valence-electron chi connectivity index (χ1n) is 13.4. The molecular weight excluding hydrogens is 436 g/mol. The average molecular weight is 471 g/mol. The van der Waals surface area contributed by atoms with Crippen LogP contribution in [0.5, 0.6) is 0 Å². The highest BCUT2D eigenvalue weighted by Gasteiger charge is 2.71. The molecule has 1 saturated carbocycles. The van der Waals surface area contributed by atoms with Crippen molar-refractivity contribution in [2.45, 2.75) is 71.6 Å². The standard InChI is InChI=1S/C31H34O4/c1-3-5-12-24-22-15-16-30(19-20-10-8-7-9-11-20)21-14-17-31(27(30)26(22)29(33)34-24)23(18-21)28(32)35-25(31)13-6-4-2/h7-13,18,21,27H,3-6,14-17,19H2,1-2H3/t21-,27-,30-,31+/m1/s1. The van der Waals surface area contributed by atoms with E-state index in [2.05, 4.69) is 62.4 Å². The molecule has 0 aromatic heterocycles. The maximum Gasteiger partial charge on any atom is 0.340 e. The van der Waals surface area contributed by atoms with Gasteiger partial charge in [-0.2, -0.15) is 0 Å². The van der Waals surface area contributed by atoms with Crippen molar-refractivity contribution in [3.05, 3.63) is 82.4 Å². The van der Waals surface area contributed by atoms with Gasteiger partial charge in [-0.05, 0) is 74.0 Å². The second-order valence-corrected chi connectivity index (χ2v) is 10.9. The number of ether oxygens (including phenoxy) is 2. The highest BCUT2D eigenvalue weighted by Crippen LogP contribution is 2.73. The molecule has 4 nitrogen and oxygen atoms in total. The number of carbonyl (C=O) groups excluding carboxylic acids is 2. The molecule has 7 rings (SSSR count). The summed E-state index contributed by atoms with van der Waals surface area (Å²) in [5.74, 6) is 1.25. The lowest BCUT2D eigenvalue weighted by atomic mass is 9.39. The Labute approximate surface area is 207 Å². The van der Waals surface area contributed by atoms with Gasteiger partial charge in [-0.25, -0.2) is 9.59 Å². The molecule has 182 valence electrons. The number of rotatable bonds is 6. The van der Waals surface area contributed by atoms with E-state index < -0.39 is 5.41 Å². The van der Waals surface area contributed by atoms with Gasteiger partial charge in [-0.1, -0.05) is 63.1 Å². The van der Waals surface area contributed by atoms with Crippen molar-refractivity contribution in [3.8, 4) is 0 Å². The first-order valence-corrected chi connectivity index (χ1v) is 13.4. The molecule has 0 radical (unpaired) electrons. The Kier molecular flexibility index (Phi) is 5.39. The predicted molar refractivity (Wildman–Crippen MR) is 134 cm³/mol. The molecular formula is C31H34O4. The van der Waals surface area contributed by atoms with E-state index >= 15 is 0 Å². The van der Waals surface area contributed by atoms with Crippen molar-refractivity contribution in [1.29, 1.82) is 0 Å². The first-order chi connectivity index (χ1) is 17.0. The normalized spacial score (nSPS) is 35.1. The number of benzene rings is 1. The van der Waals surface area contributed by atoms with E-state index in [-0.39, 0.29) is 29.2 Å². The fourth-order valence-electron chi connectivity index (χ4n) is 7.78. The van der Waals surface area contributed by atoms with Crippen molar-refractivity contribution in [3.63, 3.8) is 0 Å². The third-order valence-electron chi connectivity index (χ3n) is 9.15. The van der Waals surface area contributed by atoms with Crippen molar-refractivity contribution >= 4 is 11.9 Å². The summed E-state index contributed by atoms with van der Waals surface area (Å²) in [7, 11) is 0. The van der Waals surface area contributed by atoms with E-state index in [1.165, 1.54) is 5.56 Å². The smallest absolute Gasteiger partial charge is 0.340 e. The zero-order chi connectivity index (χ0) is 24.2. The minimum Gasteiger partial charge on any atom is -0.427 e. The van der Waals surface area contributed by atoms with Gasteiger partial charge in [0.1, 0.15) is 11.5 Å². The van der Waals surface area contributed by atoms with Crippen LogP contribution in [0.2, 0.25) is 0 Å². The average Bonchev–Trinajstić information content (AvgIpc) is 3.35. The lowest BCUT2D eigenvalue weighted by Crippen LogP contribution is -2.58. The number of allylic oxidation sites excluding steroid dienone is 5. The van der Waals surface area contributed by atoms with Crippen molar-refractivity contribution < 1.29 is 19.1 Å². The zero-order valence-corrected chi connectivity index (χ0v) is 20.8. The van der Waals surface area contributed by atoms with Crippen LogP contribution >= 0.6 is 0 Å². The molecule has 1 spiro atoms. The van der Waals surface area contributed by atoms with Crippen LogP contribution in [-0.4, -0.2) is 11.9 Å². The Morgan fingerprint density at radius 3 is 2.51 bits per heavy atom. The van der Waals surface area contributed by atoms with Crippen LogP contribution in [0.15, 0.2) is 76.8 Å². The van der Waals surface area contributed by atoms with Crippen LogP contribution in [0.3, 0.4) is 0 Å². The Hall–Kier alpha value is -2.88. The fraction of sp³-hybridized carbons (Fsp3) is 0.484. The van der Waals surface area contributed by atoms with E-state index in [0.717, 1.165) is 86.0 Å². The summed E-state index contributed by atoms with van der Waals surface area (Å²) in [6.07, 6.45) is 14.8. The highest BCUT2D eigenvalue weighted by atomic mass is 16.5. The number of hydrogen-bond acceptors (Lipinski definition) is 4. The minimum absolute atomic E-state index is 0.104. The maximum atomic E-state index is 13.6. The van der Waals surface area contributed by atoms with Crippen molar-refractivity contribution in [1.82, 2.24) is 0 Å². The molecule has 2 bridgehead atoms. The second-order valence-electron chi connectivity index (χ2n) is 10.9. The summed E-state index contributed by atoms with van der Waals surface area (Å²) in [4.78, 5) is 26.8. The van der Waals surface area contributed by atoms with Crippen LogP contribution in [0.1, 0.15) is 70.8 Å². The quantitative estimate of drug-likeness (QED) is 0.432. The number of unbranched alkanes of at least 4 members (excludes halogenated alkanes) is 2. The van der Waals surface area contributed by atoms with E-state index in [1.807, 2.05) is 0 Å². The molecule has 4 heteroatoms. The summed E-state index contributed by atoms with van der Waals surface area (Å²) in [6, 6.07) is 10.6. The lowest BCUT2D eigenvalue weighted by Gasteiger charge is -2.61. The number of carbonyl (C=O) groups is 2. The molecule has 4 aliphatic carbocycles. The second kappa shape index (κ2) is 8.36. The van der Waals surface area contributed by atoms with Gasteiger partial charge >= 0.3 is 11.9 Å². The van der Waals surface area contributed by atoms with Crippen LogP contribution in [0.25, 0.3) is 0 Å². The number of hydrogen-bond donors (Lipinski definition) is 0. The number of cyclic esters (lactones) is 2. The molecule has 1 aromatic carbocycles. The van der Waals surface area contributed by atoms with Crippen molar-refractivity contribution in [2.24, 2.45) is 22.7 Å². The van der Waals surface area contributed by atoms with E-state index in [0.29, 0.717) is 0 Å². The summed E-state index contributed by atoms with van der Waals surface area (Å²) in [6.45, 7) is 4.28. The van der Waals surface area contributed by atoms with Crippen LogP contribution in [0.4, 0.5) is 0 Å². The first kappa shape index (κ1) is 22.6. The summed E-state index contributed by atoms with van der Waals surface area (Å²) < 4.78 is 11.9. The fourth-order valence-corrected chi connectivity index (χ4v) is 7.78. The molecule has 4 atom stereocenters. The Morgan fingerprint density at radius 2 is 1.74 bits per heavy atom. The zero-order valence-electron chi connectivity index (χ0n) is 20.8. The molecule has 35 heavy (non-hydrogen) atoms. The SMILES string of the molecule is CCCC=C1OC(=O)C2=C1CC[C@@]1(Cc3ccccc3)[C@H]3C=C4C(=O)OC(=CCCC)[C@@]4(CC3)[C@H]21. The monoisotopic (exact) mass is 470 g/mol. The lowest BCUT2D eigenvalue weighted by molar-refractivity contribution is -0.136. The molecule has 6 aliphatic rings. The molecule has 0 unspecified atom stereocenters. The Morgan fingerprint density at radius 1 is 0.971 bits per heavy atom. The van der Waals surface area contributed by atoms with Gasteiger partial charge in [0, 0.05) is 22.6 Å². The topological polar surface area (TPSA) is 52.6 Å². The third kappa shape index (κ3) is 3.11. The van der Waals surface area contributed by atoms with E-state index in [9.17, 15) is 9.59 Å². The van der Waals surface area contributed by atoms with Gasteiger partial charge < -0.3 is 9.47 Å². The van der Waals surface area contributed by atoms with Gasteiger partial charge in [0.25, 0.3) is 0 Å². The molecule has 1 saturated heterocycles. The van der Waals surface area contributed by atoms with Gasteiger partial charge in [-0.15, -0.1) is 0 Å².